The molecule has 6 heteroatoms. The summed E-state index contributed by atoms with van der Waals surface area (Å²) in [6.07, 6.45) is -1.01. The largest absolute Gasteiger partial charge is 0.387 e. The molecule has 0 spiro atoms. The van der Waals surface area contributed by atoms with Crippen LogP contribution in [0.4, 0.5) is 9.18 Å². The highest BCUT2D eigenvalue weighted by Crippen LogP contribution is 2.31. The Morgan fingerprint density at radius 3 is 2.42 bits per heavy atom. The number of imide groups is 1. The van der Waals surface area contributed by atoms with Crippen molar-refractivity contribution in [3.8, 4) is 0 Å². The number of β-amino-alcohol motifs (C(OH)–C–C–N with tert-alkyl or cyclic N) is 1. The molecule has 1 saturated heterocycles. The van der Waals surface area contributed by atoms with Gasteiger partial charge in [0.05, 0.1) is 12.6 Å². The molecule has 0 bridgehead atoms. The molecule has 0 saturated carbocycles. The Morgan fingerprint density at radius 2 is 1.75 bits per heavy atom. The van der Waals surface area contributed by atoms with Gasteiger partial charge in [-0.15, -0.1) is 0 Å². The lowest BCUT2D eigenvalue weighted by atomic mass is 9.91. The van der Waals surface area contributed by atoms with Gasteiger partial charge < -0.3 is 10.4 Å². The average Bonchev–Trinajstić information content (AvgIpc) is 2.80. The Morgan fingerprint density at radius 1 is 1.12 bits per heavy atom. The second kappa shape index (κ2) is 6.05. The number of nitrogens with zero attached hydrogens (tertiary/aromatic N) is 1. The van der Waals surface area contributed by atoms with Crippen LogP contribution >= 0.6 is 0 Å². The highest BCUT2D eigenvalue weighted by molar-refractivity contribution is 6.07. The first-order valence-corrected chi connectivity index (χ1v) is 7.55. The Bertz CT molecular complexity index is 781. The van der Waals surface area contributed by atoms with Gasteiger partial charge in [-0.05, 0) is 18.6 Å². The van der Waals surface area contributed by atoms with Crippen LogP contribution in [0.2, 0.25) is 0 Å². The molecule has 124 valence electrons. The van der Waals surface area contributed by atoms with E-state index < -0.39 is 29.4 Å². The van der Waals surface area contributed by atoms with Crippen LogP contribution in [-0.4, -0.2) is 28.5 Å². The van der Waals surface area contributed by atoms with E-state index in [1.165, 1.54) is 25.1 Å². The lowest BCUT2D eigenvalue weighted by Crippen LogP contribution is -2.42. The lowest BCUT2D eigenvalue weighted by Gasteiger charge is -2.23. The van der Waals surface area contributed by atoms with E-state index in [9.17, 15) is 19.1 Å². The van der Waals surface area contributed by atoms with Crippen molar-refractivity contribution < 1.29 is 19.1 Å². The maximum Gasteiger partial charge on any atom is 0.325 e. The first-order chi connectivity index (χ1) is 11.4. The summed E-state index contributed by atoms with van der Waals surface area (Å²) in [5.41, 5.74) is -0.795. The fraction of sp³-hybridized carbons (Fsp3) is 0.222. The van der Waals surface area contributed by atoms with E-state index in [2.05, 4.69) is 5.32 Å². The summed E-state index contributed by atoms with van der Waals surface area (Å²) in [7, 11) is 0. The van der Waals surface area contributed by atoms with Gasteiger partial charge in [0.1, 0.15) is 11.4 Å². The van der Waals surface area contributed by atoms with Gasteiger partial charge in [0.2, 0.25) is 0 Å². The van der Waals surface area contributed by atoms with Crippen LogP contribution in [0, 0.1) is 5.82 Å². The zero-order valence-electron chi connectivity index (χ0n) is 13.1. The van der Waals surface area contributed by atoms with Crippen molar-refractivity contribution in [2.75, 3.05) is 6.54 Å². The van der Waals surface area contributed by atoms with Gasteiger partial charge >= 0.3 is 6.03 Å². The summed E-state index contributed by atoms with van der Waals surface area (Å²) >= 11 is 0. The minimum Gasteiger partial charge on any atom is -0.387 e. The molecule has 1 aliphatic rings. The normalized spacial score (nSPS) is 21.7. The van der Waals surface area contributed by atoms with Crippen LogP contribution in [0.1, 0.15) is 24.2 Å². The van der Waals surface area contributed by atoms with Gasteiger partial charge in [0.25, 0.3) is 5.91 Å². The van der Waals surface area contributed by atoms with Crippen LogP contribution in [0.5, 0.6) is 0 Å². The highest BCUT2D eigenvalue weighted by atomic mass is 19.1. The fourth-order valence-corrected chi connectivity index (χ4v) is 2.87. The third-order valence-corrected chi connectivity index (χ3v) is 4.23. The molecule has 1 fully saturated rings. The van der Waals surface area contributed by atoms with Gasteiger partial charge in [-0.25, -0.2) is 9.18 Å². The third-order valence-electron chi connectivity index (χ3n) is 4.23. The smallest absolute Gasteiger partial charge is 0.325 e. The van der Waals surface area contributed by atoms with Crippen molar-refractivity contribution >= 4 is 11.9 Å². The topological polar surface area (TPSA) is 69.6 Å². The fourth-order valence-electron chi connectivity index (χ4n) is 2.87. The van der Waals surface area contributed by atoms with E-state index in [0.717, 1.165) is 4.90 Å². The summed E-state index contributed by atoms with van der Waals surface area (Å²) in [6, 6.07) is 13.9. The number of carbonyl (C=O) groups excluding carboxylic acids is 2. The molecule has 0 unspecified atom stereocenters. The molecule has 3 rings (SSSR count). The summed E-state index contributed by atoms with van der Waals surface area (Å²) in [4.78, 5) is 25.9. The summed E-state index contributed by atoms with van der Waals surface area (Å²) < 4.78 is 14.1. The molecular formula is C18H17FN2O3. The van der Waals surface area contributed by atoms with E-state index in [4.69, 9.17) is 0 Å². The van der Waals surface area contributed by atoms with Gasteiger partial charge in [0, 0.05) is 5.56 Å². The van der Waals surface area contributed by atoms with E-state index in [0.29, 0.717) is 5.56 Å². The number of hydrogen-bond acceptors (Lipinski definition) is 3. The van der Waals surface area contributed by atoms with Crippen molar-refractivity contribution in [1.82, 2.24) is 10.2 Å². The van der Waals surface area contributed by atoms with Crippen molar-refractivity contribution in [3.63, 3.8) is 0 Å². The minimum atomic E-state index is -1.49. The SMILES string of the molecule is C[C@@]1(c2ccccc2F)NC(=O)N(C[C@@H](O)c2ccccc2)C1=O. The van der Waals surface area contributed by atoms with E-state index in [1.807, 2.05) is 0 Å². The minimum absolute atomic E-state index is 0.0973. The van der Waals surface area contributed by atoms with E-state index in [1.54, 1.807) is 36.4 Å². The second-order valence-corrected chi connectivity index (χ2v) is 5.88. The van der Waals surface area contributed by atoms with Crippen molar-refractivity contribution in [1.29, 1.82) is 0 Å². The zero-order valence-corrected chi connectivity index (χ0v) is 13.1. The number of aliphatic hydroxyl groups excluding tert-OH is 1. The number of aliphatic hydroxyl groups is 1. The summed E-state index contributed by atoms with van der Waals surface area (Å²) in [5.74, 6) is -1.16. The number of hydrogen-bond donors (Lipinski definition) is 2. The molecule has 1 aliphatic heterocycles. The Balaban J connectivity index is 1.86. The Hall–Kier alpha value is -2.73. The number of benzene rings is 2. The van der Waals surface area contributed by atoms with Crippen LogP contribution in [0.15, 0.2) is 54.6 Å². The molecule has 0 aromatic heterocycles. The Labute approximate surface area is 138 Å². The quantitative estimate of drug-likeness (QED) is 0.846. The predicted molar refractivity (Wildman–Crippen MR) is 85.4 cm³/mol. The third kappa shape index (κ3) is 2.65. The van der Waals surface area contributed by atoms with Gasteiger partial charge in [-0.1, -0.05) is 48.5 Å². The summed E-state index contributed by atoms with van der Waals surface area (Å²) in [5, 5.41) is 12.8. The predicted octanol–water partition coefficient (Wildman–Crippen LogP) is 2.33. The zero-order chi connectivity index (χ0) is 17.3. The molecule has 2 aromatic rings. The average molecular weight is 328 g/mol. The lowest BCUT2D eigenvalue weighted by molar-refractivity contribution is -0.132. The molecule has 3 amide bonds. The molecule has 0 radical (unpaired) electrons. The molecule has 24 heavy (non-hydrogen) atoms. The van der Waals surface area contributed by atoms with E-state index in [-0.39, 0.29) is 12.1 Å². The van der Waals surface area contributed by atoms with Crippen LogP contribution in [-0.2, 0) is 10.3 Å². The van der Waals surface area contributed by atoms with E-state index >= 15 is 0 Å². The molecule has 2 aromatic carbocycles. The van der Waals surface area contributed by atoms with Gasteiger partial charge in [0.15, 0.2) is 0 Å². The molecular weight excluding hydrogens is 311 g/mol. The highest BCUT2D eigenvalue weighted by Gasteiger charge is 2.50. The van der Waals surface area contributed by atoms with Crippen molar-refractivity contribution in [2.45, 2.75) is 18.6 Å². The molecule has 5 nitrogen and oxygen atoms in total. The molecule has 2 atom stereocenters. The van der Waals surface area contributed by atoms with Crippen LogP contribution in [0.25, 0.3) is 0 Å². The monoisotopic (exact) mass is 328 g/mol. The standard InChI is InChI=1S/C18H17FN2O3/c1-18(13-9-5-6-10-14(13)19)16(23)21(17(24)20-18)11-15(22)12-7-3-2-4-8-12/h2-10,15,22H,11H2,1H3,(H,20,24)/t15-,18+/m1/s1. The first kappa shape index (κ1) is 16.1. The van der Waals surface area contributed by atoms with Gasteiger partial charge in [-0.3, -0.25) is 9.69 Å². The van der Waals surface area contributed by atoms with Crippen molar-refractivity contribution in [3.05, 3.63) is 71.5 Å². The first-order valence-electron chi connectivity index (χ1n) is 7.55. The number of amides is 3. The number of nitrogens with one attached hydrogen (secondary N) is 1. The number of halogens is 1. The maximum absolute atomic E-state index is 14.1. The van der Waals surface area contributed by atoms with Crippen molar-refractivity contribution in [2.24, 2.45) is 0 Å². The number of carbonyl (C=O) groups is 2. The van der Waals surface area contributed by atoms with Gasteiger partial charge in [-0.2, -0.15) is 0 Å². The molecule has 2 N–H and O–H groups in total. The van der Waals surface area contributed by atoms with Crippen LogP contribution in [0.3, 0.4) is 0 Å². The Kier molecular flexibility index (Phi) is 4.07. The second-order valence-electron chi connectivity index (χ2n) is 5.88. The number of urea groups is 1. The summed E-state index contributed by atoms with van der Waals surface area (Å²) in [6.45, 7) is 1.26. The van der Waals surface area contributed by atoms with Crippen LogP contribution < -0.4 is 5.32 Å². The maximum atomic E-state index is 14.1. The number of rotatable bonds is 4. The molecule has 0 aliphatic carbocycles. The molecule has 1 heterocycles.